The van der Waals surface area contributed by atoms with Gasteiger partial charge in [0.25, 0.3) is 0 Å². The fraction of sp³-hybridized carbons (Fsp3) is 0.118. The summed E-state index contributed by atoms with van der Waals surface area (Å²) in [5, 5.41) is 5.68. The van der Waals surface area contributed by atoms with Crippen molar-refractivity contribution in [3.05, 3.63) is 64.7 Å². The first kappa shape index (κ1) is 19.5. The maximum Gasteiger partial charge on any atom is 0.416 e. The molecular formula is C17H13ClF3N3O2. The Labute approximate surface area is 151 Å². The molecule has 0 fully saturated rings. The predicted octanol–water partition coefficient (Wildman–Crippen LogP) is 3.84. The van der Waals surface area contributed by atoms with Crippen LogP contribution in [0.2, 0.25) is 5.02 Å². The van der Waals surface area contributed by atoms with E-state index in [4.69, 9.17) is 11.6 Å². The van der Waals surface area contributed by atoms with E-state index in [1.807, 2.05) is 16.8 Å². The number of carbonyl (C=O) groups is 2. The quantitative estimate of drug-likeness (QED) is 0.480. The zero-order valence-electron chi connectivity index (χ0n) is 13.4. The number of alkyl halides is 3. The molecule has 0 bridgehead atoms. The van der Waals surface area contributed by atoms with Crippen molar-refractivity contribution in [2.75, 3.05) is 5.32 Å². The lowest BCUT2D eigenvalue weighted by Gasteiger charge is -2.11. The van der Waals surface area contributed by atoms with Gasteiger partial charge in [-0.1, -0.05) is 41.9 Å². The van der Waals surface area contributed by atoms with E-state index in [1.165, 1.54) is 0 Å². The van der Waals surface area contributed by atoms with Gasteiger partial charge in [-0.25, -0.2) is 5.43 Å². The van der Waals surface area contributed by atoms with Gasteiger partial charge in [-0.2, -0.15) is 18.3 Å². The number of anilines is 1. The summed E-state index contributed by atoms with van der Waals surface area (Å²) in [6, 6.07) is 11.3. The van der Waals surface area contributed by atoms with Crippen molar-refractivity contribution in [3.63, 3.8) is 0 Å². The topological polar surface area (TPSA) is 70.6 Å². The summed E-state index contributed by atoms with van der Waals surface area (Å²) in [6.45, 7) is 1.62. The van der Waals surface area contributed by atoms with Crippen molar-refractivity contribution in [1.29, 1.82) is 0 Å². The predicted molar refractivity (Wildman–Crippen MR) is 91.9 cm³/mol. The molecule has 2 aromatic rings. The van der Waals surface area contributed by atoms with Gasteiger partial charge in [-0.15, -0.1) is 0 Å². The molecule has 2 amide bonds. The Morgan fingerprint density at radius 1 is 1.04 bits per heavy atom. The summed E-state index contributed by atoms with van der Waals surface area (Å²) in [5.74, 6) is -2.34. The zero-order chi connectivity index (χ0) is 19.3. The first-order valence-electron chi connectivity index (χ1n) is 7.26. The zero-order valence-corrected chi connectivity index (χ0v) is 14.2. The van der Waals surface area contributed by atoms with Crippen LogP contribution < -0.4 is 10.7 Å². The molecule has 5 nitrogen and oxygen atoms in total. The third-order valence-electron chi connectivity index (χ3n) is 3.26. The minimum atomic E-state index is -4.61. The molecule has 0 aromatic heterocycles. The molecule has 9 heteroatoms. The van der Waals surface area contributed by atoms with E-state index in [2.05, 4.69) is 5.10 Å². The fourth-order valence-electron chi connectivity index (χ4n) is 1.91. The average molecular weight is 384 g/mol. The summed E-state index contributed by atoms with van der Waals surface area (Å²) in [7, 11) is 0. The normalized spacial score (nSPS) is 11.8. The van der Waals surface area contributed by atoms with E-state index in [0.717, 1.165) is 17.7 Å². The second-order valence-corrected chi connectivity index (χ2v) is 5.56. The van der Waals surface area contributed by atoms with Crippen LogP contribution in [0.15, 0.2) is 53.6 Å². The number of halogens is 4. The molecule has 0 saturated heterocycles. The lowest BCUT2D eigenvalue weighted by Crippen LogP contribution is -2.33. The summed E-state index contributed by atoms with van der Waals surface area (Å²) < 4.78 is 38.1. The van der Waals surface area contributed by atoms with Crippen LogP contribution in [0.3, 0.4) is 0 Å². The van der Waals surface area contributed by atoms with Gasteiger partial charge in [0, 0.05) is 0 Å². The Kier molecular flexibility index (Phi) is 5.99. The highest BCUT2D eigenvalue weighted by molar-refractivity contribution is 6.41. The number of rotatable bonds is 3. The largest absolute Gasteiger partial charge is 0.416 e. The number of nitrogens with zero attached hydrogens (tertiary/aromatic N) is 1. The lowest BCUT2D eigenvalue weighted by molar-refractivity contribution is -0.137. The third-order valence-corrected chi connectivity index (χ3v) is 3.59. The van der Waals surface area contributed by atoms with Gasteiger partial charge in [-0.3, -0.25) is 9.59 Å². The molecule has 0 spiro atoms. The van der Waals surface area contributed by atoms with Gasteiger partial charge in [0.1, 0.15) is 0 Å². The second-order valence-electron chi connectivity index (χ2n) is 5.15. The Morgan fingerprint density at radius 2 is 1.69 bits per heavy atom. The highest BCUT2D eigenvalue weighted by Crippen LogP contribution is 2.33. The molecule has 0 aliphatic carbocycles. The maximum absolute atomic E-state index is 12.7. The molecule has 2 N–H and O–H groups in total. The molecule has 0 radical (unpaired) electrons. The number of amides is 2. The van der Waals surface area contributed by atoms with E-state index >= 15 is 0 Å². The summed E-state index contributed by atoms with van der Waals surface area (Å²) in [5.41, 5.74) is 1.88. The molecule has 0 aliphatic heterocycles. The molecular weight excluding hydrogens is 371 g/mol. The molecule has 136 valence electrons. The van der Waals surface area contributed by atoms with Gasteiger partial charge in [0.2, 0.25) is 0 Å². The monoisotopic (exact) mass is 383 g/mol. The first-order valence-corrected chi connectivity index (χ1v) is 7.64. The molecule has 0 heterocycles. The number of hydrogen-bond donors (Lipinski definition) is 2. The van der Waals surface area contributed by atoms with Gasteiger partial charge < -0.3 is 5.32 Å². The summed E-state index contributed by atoms with van der Waals surface area (Å²) in [6.07, 6.45) is -4.61. The summed E-state index contributed by atoms with van der Waals surface area (Å²) >= 11 is 5.76. The molecule has 26 heavy (non-hydrogen) atoms. The Balaban J connectivity index is 2.07. The Hall–Kier alpha value is -2.87. The fourth-order valence-corrected chi connectivity index (χ4v) is 2.07. The van der Waals surface area contributed by atoms with E-state index < -0.39 is 23.6 Å². The molecule has 0 atom stereocenters. The van der Waals surface area contributed by atoms with Gasteiger partial charge >= 0.3 is 18.0 Å². The van der Waals surface area contributed by atoms with E-state index in [1.54, 1.807) is 31.2 Å². The highest BCUT2D eigenvalue weighted by Gasteiger charge is 2.31. The van der Waals surface area contributed by atoms with Crippen molar-refractivity contribution >= 4 is 34.8 Å². The van der Waals surface area contributed by atoms with Crippen LogP contribution in [0.4, 0.5) is 18.9 Å². The van der Waals surface area contributed by atoms with Crippen LogP contribution in [0.5, 0.6) is 0 Å². The SMILES string of the molecule is C/C(=N\NC(=O)C(=O)Nc1cc(C(F)(F)F)ccc1Cl)c1ccccc1. The van der Waals surface area contributed by atoms with Crippen LogP contribution in [0.1, 0.15) is 18.1 Å². The maximum atomic E-state index is 12.7. The highest BCUT2D eigenvalue weighted by atomic mass is 35.5. The smallest absolute Gasteiger partial charge is 0.316 e. The molecule has 2 aromatic carbocycles. The molecule has 0 aliphatic rings. The average Bonchev–Trinajstić information content (AvgIpc) is 2.60. The Bertz CT molecular complexity index is 852. The van der Waals surface area contributed by atoms with Crippen LogP contribution in [-0.2, 0) is 15.8 Å². The second kappa shape index (κ2) is 8.01. The number of hydrogen-bond acceptors (Lipinski definition) is 3. The summed E-state index contributed by atoms with van der Waals surface area (Å²) in [4.78, 5) is 23.6. The van der Waals surface area contributed by atoms with Crippen LogP contribution in [0.25, 0.3) is 0 Å². The third kappa shape index (κ3) is 5.06. The number of hydrazone groups is 1. The minimum absolute atomic E-state index is 0.136. The van der Waals surface area contributed by atoms with Gasteiger partial charge in [0.05, 0.1) is 22.0 Å². The number of carbonyl (C=O) groups excluding carboxylic acids is 2. The van der Waals surface area contributed by atoms with Crippen molar-refractivity contribution in [1.82, 2.24) is 5.43 Å². The van der Waals surface area contributed by atoms with Crippen molar-refractivity contribution in [2.24, 2.45) is 5.10 Å². The van der Waals surface area contributed by atoms with Gasteiger partial charge in [-0.05, 0) is 30.7 Å². The number of benzene rings is 2. The van der Waals surface area contributed by atoms with E-state index in [0.29, 0.717) is 11.8 Å². The molecule has 0 unspecified atom stereocenters. The first-order chi connectivity index (χ1) is 12.2. The van der Waals surface area contributed by atoms with Gasteiger partial charge in [0.15, 0.2) is 0 Å². The van der Waals surface area contributed by atoms with Crippen molar-refractivity contribution in [3.8, 4) is 0 Å². The van der Waals surface area contributed by atoms with Crippen LogP contribution >= 0.6 is 11.6 Å². The van der Waals surface area contributed by atoms with Crippen LogP contribution in [-0.4, -0.2) is 17.5 Å². The standard InChI is InChI=1S/C17H13ClF3N3O2/c1-10(11-5-3-2-4-6-11)23-24-16(26)15(25)22-14-9-12(17(19,20)21)7-8-13(14)18/h2-9H,1H3,(H,22,25)(H,24,26)/b23-10+. The van der Waals surface area contributed by atoms with E-state index in [9.17, 15) is 22.8 Å². The van der Waals surface area contributed by atoms with Crippen molar-refractivity contribution < 1.29 is 22.8 Å². The molecule has 2 rings (SSSR count). The van der Waals surface area contributed by atoms with E-state index in [-0.39, 0.29) is 10.7 Å². The minimum Gasteiger partial charge on any atom is -0.316 e. The molecule has 0 saturated carbocycles. The Morgan fingerprint density at radius 3 is 2.31 bits per heavy atom. The van der Waals surface area contributed by atoms with Crippen molar-refractivity contribution in [2.45, 2.75) is 13.1 Å². The lowest BCUT2D eigenvalue weighted by atomic mass is 10.1. The van der Waals surface area contributed by atoms with Crippen LogP contribution in [0, 0.1) is 0 Å². The number of nitrogens with one attached hydrogen (secondary N) is 2.